The molecule has 2 amide bonds. The Bertz CT molecular complexity index is 701. The standard InChI is InChI=1S/C17H18ClN3O2/c1-12-3-5-13(6-4-12)11-21(2)16(22)10-20-17(23)15-9-14(18)7-8-19-15/h3-9H,10-11H2,1-2H3,(H,20,23). The maximum absolute atomic E-state index is 12.1. The van der Waals surface area contributed by atoms with Gasteiger partial charge in [0.1, 0.15) is 5.69 Å². The Morgan fingerprint density at radius 2 is 1.91 bits per heavy atom. The SMILES string of the molecule is Cc1ccc(CN(C)C(=O)CNC(=O)c2cc(Cl)ccn2)cc1. The molecular formula is C17H18ClN3O2. The number of likely N-dealkylation sites (N-methyl/N-ethyl adjacent to an activating group) is 1. The van der Waals surface area contributed by atoms with Gasteiger partial charge in [-0.2, -0.15) is 0 Å². The zero-order valence-corrected chi connectivity index (χ0v) is 13.8. The molecule has 5 nitrogen and oxygen atoms in total. The molecule has 0 aliphatic carbocycles. The van der Waals surface area contributed by atoms with E-state index in [2.05, 4.69) is 10.3 Å². The Morgan fingerprint density at radius 1 is 1.22 bits per heavy atom. The van der Waals surface area contributed by atoms with E-state index in [-0.39, 0.29) is 18.1 Å². The van der Waals surface area contributed by atoms with Gasteiger partial charge in [-0.1, -0.05) is 41.4 Å². The van der Waals surface area contributed by atoms with E-state index >= 15 is 0 Å². The topological polar surface area (TPSA) is 62.3 Å². The van der Waals surface area contributed by atoms with Gasteiger partial charge in [0, 0.05) is 24.8 Å². The number of nitrogens with one attached hydrogen (secondary N) is 1. The first-order chi connectivity index (χ1) is 11.0. The first-order valence-corrected chi connectivity index (χ1v) is 7.53. The van der Waals surface area contributed by atoms with Gasteiger partial charge in [0.2, 0.25) is 5.91 Å². The minimum absolute atomic E-state index is 0.0879. The number of carbonyl (C=O) groups is 2. The van der Waals surface area contributed by atoms with Crippen molar-refractivity contribution in [2.45, 2.75) is 13.5 Å². The highest BCUT2D eigenvalue weighted by Crippen LogP contribution is 2.08. The molecule has 23 heavy (non-hydrogen) atoms. The molecule has 2 rings (SSSR count). The average Bonchev–Trinajstić information content (AvgIpc) is 2.54. The van der Waals surface area contributed by atoms with Gasteiger partial charge < -0.3 is 10.2 Å². The summed E-state index contributed by atoms with van der Waals surface area (Å²) in [7, 11) is 1.70. The van der Waals surface area contributed by atoms with Crippen molar-refractivity contribution in [3.63, 3.8) is 0 Å². The Balaban J connectivity index is 1.86. The Morgan fingerprint density at radius 3 is 2.57 bits per heavy atom. The number of aryl methyl sites for hydroxylation is 1. The summed E-state index contributed by atoms with van der Waals surface area (Å²) in [5.41, 5.74) is 2.39. The van der Waals surface area contributed by atoms with Gasteiger partial charge in [0.05, 0.1) is 6.54 Å². The van der Waals surface area contributed by atoms with Crippen LogP contribution in [0.15, 0.2) is 42.6 Å². The molecule has 0 bridgehead atoms. The van der Waals surface area contributed by atoms with E-state index in [1.807, 2.05) is 31.2 Å². The summed E-state index contributed by atoms with van der Waals surface area (Å²) in [5, 5.41) is 2.97. The van der Waals surface area contributed by atoms with Gasteiger partial charge in [0.15, 0.2) is 0 Å². The van der Waals surface area contributed by atoms with Gasteiger partial charge >= 0.3 is 0 Å². The van der Waals surface area contributed by atoms with Crippen LogP contribution in [0.2, 0.25) is 5.02 Å². The van der Waals surface area contributed by atoms with Crippen molar-refractivity contribution in [2.24, 2.45) is 0 Å². The molecule has 1 N–H and O–H groups in total. The van der Waals surface area contributed by atoms with Crippen LogP contribution in [-0.4, -0.2) is 35.3 Å². The molecule has 0 aliphatic rings. The lowest BCUT2D eigenvalue weighted by molar-refractivity contribution is -0.129. The Hall–Kier alpha value is -2.40. The molecule has 0 radical (unpaired) electrons. The highest BCUT2D eigenvalue weighted by molar-refractivity contribution is 6.30. The number of nitrogens with zero attached hydrogens (tertiary/aromatic N) is 2. The molecule has 0 spiro atoms. The zero-order valence-electron chi connectivity index (χ0n) is 13.0. The molecule has 0 unspecified atom stereocenters. The number of benzene rings is 1. The van der Waals surface area contributed by atoms with Crippen LogP contribution in [0.25, 0.3) is 0 Å². The summed E-state index contributed by atoms with van der Waals surface area (Å²) in [6.07, 6.45) is 1.45. The fourth-order valence-electron chi connectivity index (χ4n) is 1.97. The van der Waals surface area contributed by atoms with Crippen molar-refractivity contribution in [1.82, 2.24) is 15.2 Å². The summed E-state index contributed by atoms with van der Waals surface area (Å²) in [4.78, 5) is 29.5. The number of pyridine rings is 1. The van der Waals surface area contributed by atoms with E-state index in [9.17, 15) is 9.59 Å². The fraction of sp³-hybridized carbons (Fsp3) is 0.235. The highest BCUT2D eigenvalue weighted by Gasteiger charge is 2.13. The van der Waals surface area contributed by atoms with Crippen LogP contribution in [0, 0.1) is 6.92 Å². The van der Waals surface area contributed by atoms with Crippen molar-refractivity contribution in [3.8, 4) is 0 Å². The van der Waals surface area contributed by atoms with Crippen LogP contribution in [-0.2, 0) is 11.3 Å². The number of aromatic nitrogens is 1. The summed E-state index contributed by atoms with van der Waals surface area (Å²) in [6, 6.07) is 11.0. The van der Waals surface area contributed by atoms with Crippen LogP contribution in [0.3, 0.4) is 0 Å². The molecule has 0 aliphatic heterocycles. The first-order valence-electron chi connectivity index (χ1n) is 7.15. The molecule has 1 aromatic heterocycles. The number of rotatable bonds is 5. The number of amides is 2. The third-order valence-corrected chi connectivity index (χ3v) is 3.56. The normalized spacial score (nSPS) is 10.2. The van der Waals surface area contributed by atoms with Crippen LogP contribution in [0.5, 0.6) is 0 Å². The third kappa shape index (κ3) is 5.07. The maximum atomic E-state index is 12.1. The van der Waals surface area contributed by atoms with Gasteiger partial charge in [0.25, 0.3) is 5.91 Å². The molecule has 0 fully saturated rings. The number of halogens is 1. The van der Waals surface area contributed by atoms with Crippen LogP contribution >= 0.6 is 11.6 Å². The van der Waals surface area contributed by atoms with E-state index in [0.717, 1.165) is 5.56 Å². The van der Waals surface area contributed by atoms with Crippen molar-refractivity contribution in [1.29, 1.82) is 0 Å². The first kappa shape index (κ1) is 17.0. The molecule has 2 aromatic rings. The number of carbonyl (C=O) groups excluding carboxylic acids is 2. The van der Waals surface area contributed by atoms with E-state index in [4.69, 9.17) is 11.6 Å². The lowest BCUT2D eigenvalue weighted by atomic mass is 10.1. The summed E-state index contributed by atoms with van der Waals surface area (Å²) in [6.45, 7) is 2.41. The quantitative estimate of drug-likeness (QED) is 0.915. The van der Waals surface area contributed by atoms with Gasteiger partial charge in [-0.25, -0.2) is 0 Å². The van der Waals surface area contributed by atoms with Crippen LogP contribution in [0.4, 0.5) is 0 Å². The number of hydrogen-bond donors (Lipinski definition) is 1. The Kier molecular flexibility index (Phi) is 5.71. The van der Waals surface area contributed by atoms with Gasteiger partial charge in [-0.3, -0.25) is 14.6 Å². The minimum Gasteiger partial charge on any atom is -0.342 e. The minimum atomic E-state index is -0.426. The summed E-state index contributed by atoms with van der Waals surface area (Å²) >= 11 is 5.81. The van der Waals surface area contributed by atoms with Gasteiger partial charge in [-0.05, 0) is 24.6 Å². The summed E-state index contributed by atoms with van der Waals surface area (Å²) in [5.74, 6) is -0.606. The molecule has 1 aromatic carbocycles. The molecule has 0 atom stereocenters. The second-order valence-electron chi connectivity index (χ2n) is 5.28. The van der Waals surface area contributed by atoms with E-state index < -0.39 is 5.91 Å². The molecular weight excluding hydrogens is 314 g/mol. The lowest BCUT2D eigenvalue weighted by Crippen LogP contribution is -2.38. The molecule has 120 valence electrons. The zero-order chi connectivity index (χ0) is 16.8. The number of hydrogen-bond acceptors (Lipinski definition) is 3. The highest BCUT2D eigenvalue weighted by atomic mass is 35.5. The van der Waals surface area contributed by atoms with E-state index in [1.54, 1.807) is 18.0 Å². The predicted octanol–water partition coefficient (Wildman–Crippen LogP) is 2.43. The predicted molar refractivity (Wildman–Crippen MR) is 89.2 cm³/mol. The van der Waals surface area contributed by atoms with E-state index in [0.29, 0.717) is 11.6 Å². The van der Waals surface area contributed by atoms with Crippen molar-refractivity contribution in [3.05, 3.63) is 64.4 Å². The van der Waals surface area contributed by atoms with Gasteiger partial charge in [-0.15, -0.1) is 0 Å². The van der Waals surface area contributed by atoms with Crippen LogP contribution < -0.4 is 5.32 Å². The average molecular weight is 332 g/mol. The monoisotopic (exact) mass is 331 g/mol. The summed E-state index contributed by atoms with van der Waals surface area (Å²) < 4.78 is 0. The van der Waals surface area contributed by atoms with Crippen molar-refractivity contribution < 1.29 is 9.59 Å². The fourth-order valence-corrected chi connectivity index (χ4v) is 2.13. The second-order valence-corrected chi connectivity index (χ2v) is 5.71. The molecule has 0 saturated carbocycles. The molecule has 0 saturated heterocycles. The largest absolute Gasteiger partial charge is 0.342 e. The smallest absolute Gasteiger partial charge is 0.270 e. The van der Waals surface area contributed by atoms with Crippen molar-refractivity contribution >= 4 is 23.4 Å². The molecule has 6 heteroatoms. The van der Waals surface area contributed by atoms with Crippen molar-refractivity contribution in [2.75, 3.05) is 13.6 Å². The molecule has 1 heterocycles. The van der Waals surface area contributed by atoms with E-state index in [1.165, 1.54) is 17.8 Å². The lowest BCUT2D eigenvalue weighted by Gasteiger charge is -2.17. The Labute approximate surface area is 140 Å². The third-order valence-electron chi connectivity index (χ3n) is 3.32. The maximum Gasteiger partial charge on any atom is 0.270 e. The second kappa shape index (κ2) is 7.74. The van der Waals surface area contributed by atoms with Crippen LogP contribution in [0.1, 0.15) is 21.6 Å².